The molecule has 0 saturated carbocycles. The van der Waals surface area contributed by atoms with Gasteiger partial charge in [0.25, 0.3) is 0 Å². The summed E-state index contributed by atoms with van der Waals surface area (Å²) in [5, 5.41) is 3.32. The van der Waals surface area contributed by atoms with Crippen LogP contribution in [0.25, 0.3) is 0 Å². The Hall–Kier alpha value is -0.910. The fourth-order valence-corrected chi connectivity index (χ4v) is 2.76. The van der Waals surface area contributed by atoms with Crippen molar-refractivity contribution in [3.8, 4) is 0 Å². The molecule has 1 heterocycles. The summed E-state index contributed by atoms with van der Waals surface area (Å²) in [5.74, 6) is 0.683. The van der Waals surface area contributed by atoms with Crippen molar-refractivity contribution in [3.05, 3.63) is 28.2 Å². The predicted molar refractivity (Wildman–Crippen MR) is 74.1 cm³/mol. The van der Waals surface area contributed by atoms with Crippen molar-refractivity contribution in [3.63, 3.8) is 0 Å². The number of thioether (sulfide) groups is 1. The predicted octanol–water partition coefficient (Wildman–Crippen LogP) is 2.46. The first-order valence-corrected chi connectivity index (χ1v) is 7.08. The fourth-order valence-electron chi connectivity index (χ4n) is 1.50. The zero-order chi connectivity index (χ0) is 13.1. The van der Waals surface area contributed by atoms with Gasteiger partial charge >= 0.3 is 0 Å². The van der Waals surface area contributed by atoms with E-state index in [9.17, 15) is 9.59 Å². The third-order valence-corrected chi connectivity index (χ3v) is 4.15. The Morgan fingerprint density at radius 1 is 1.44 bits per heavy atom. The van der Waals surface area contributed by atoms with Gasteiger partial charge in [0, 0.05) is 0 Å². The summed E-state index contributed by atoms with van der Waals surface area (Å²) in [6, 6.07) is 4.99. The number of rotatable bonds is 3. The number of benzene rings is 1. The van der Waals surface area contributed by atoms with E-state index in [2.05, 4.69) is 5.32 Å². The average Bonchev–Trinajstić information content (AvgIpc) is 2.71. The Bertz CT molecular complexity index is 496. The minimum absolute atomic E-state index is 0.0210. The van der Waals surface area contributed by atoms with Gasteiger partial charge in [-0.05, 0) is 12.1 Å². The number of carbonyl (C=O) groups excluding carboxylic acids is 2. The Morgan fingerprint density at radius 2 is 2.22 bits per heavy atom. The van der Waals surface area contributed by atoms with Crippen LogP contribution in [0.5, 0.6) is 0 Å². The first kappa shape index (κ1) is 13.5. The highest BCUT2D eigenvalue weighted by Crippen LogP contribution is 2.29. The van der Waals surface area contributed by atoms with Gasteiger partial charge < -0.3 is 10.2 Å². The molecule has 2 amide bonds. The lowest BCUT2D eigenvalue weighted by Gasteiger charge is -2.14. The summed E-state index contributed by atoms with van der Waals surface area (Å²) >= 11 is 13.3. The normalized spacial score (nSPS) is 15.0. The van der Waals surface area contributed by atoms with Crippen LogP contribution >= 0.6 is 35.0 Å². The van der Waals surface area contributed by atoms with Gasteiger partial charge in [-0.2, -0.15) is 0 Å². The highest BCUT2D eigenvalue weighted by atomic mass is 35.5. The minimum Gasteiger partial charge on any atom is -0.323 e. The Balaban J connectivity index is 1.99. The van der Waals surface area contributed by atoms with Gasteiger partial charge in [-0.1, -0.05) is 29.3 Å². The van der Waals surface area contributed by atoms with E-state index in [-0.39, 0.29) is 18.4 Å². The summed E-state index contributed by atoms with van der Waals surface area (Å²) in [6.07, 6.45) is 0. The van der Waals surface area contributed by atoms with Crippen LogP contribution in [-0.4, -0.2) is 34.9 Å². The SMILES string of the molecule is O=C(CN1CSCC1=O)Nc1cccc(Cl)c1Cl. The summed E-state index contributed by atoms with van der Waals surface area (Å²) in [5.41, 5.74) is 0.452. The van der Waals surface area contributed by atoms with Crippen LogP contribution in [0.2, 0.25) is 10.0 Å². The van der Waals surface area contributed by atoms with E-state index in [1.807, 2.05) is 0 Å². The Morgan fingerprint density at radius 3 is 2.89 bits per heavy atom. The molecule has 4 nitrogen and oxygen atoms in total. The molecule has 1 saturated heterocycles. The number of halogens is 2. The molecule has 0 aromatic heterocycles. The zero-order valence-corrected chi connectivity index (χ0v) is 11.6. The van der Waals surface area contributed by atoms with E-state index >= 15 is 0 Å². The van der Waals surface area contributed by atoms with Gasteiger partial charge in [0.05, 0.1) is 27.4 Å². The molecule has 0 spiro atoms. The van der Waals surface area contributed by atoms with Gasteiger partial charge in [-0.3, -0.25) is 9.59 Å². The largest absolute Gasteiger partial charge is 0.323 e. The second-order valence-electron chi connectivity index (χ2n) is 3.72. The van der Waals surface area contributed by atoms with Crippen molar-refractivity contribution >= 4 is 52.5 Å². The lowest BCUT2D eigenvalue weighted by molar-refractivity contribution is -0.130. The molecule has 0 aliphatic carbocycles. The molecule has 1 aromatic carbocycles. The van der Waals surface area contributed by atoms with E-state index in [0.29, 0.717) is 27.4 Å². The van der Waals surface area contributed by atoms with Crippen molar-refractivity contribution in [2.45, 2.75) is 0 Å². The molecule has 0 atom stereocenters. The maximum atomic E-state index is 11.8. The average molecular weight is 305 g/mol. The molecule has 1 N–H and O–H groups in total. The molecule has 2 rings (SSSR count). The molecule has 1 aliphatic heterocycles. The van der Waals surface area contributed by atoms with Gasteiger partial charge in [0.1, 0.15) is 6.54 Å². The molecule has 96 valence electrons. The zero-order valence-electron chi connectivity index (χ0n) is 9.28. The topological polar surface area (TPSA) is 49.4 Å². The van der Waals surface area contributed by atoms with Crippen molar-refractivity contribution in [1.29, 1.82) is 0 Å². The molecule has 0 bridgehead atoms. The lowest BCUT2D eigenvalue weighted by atomic mass is 10.3. The highest BCUT2D eigenvalue weighted by molar-refractivity contribution is 8.00. The second-order valence-corrected chi connectivity index (χ2v) is 5.46. The minimum atomic E-state index is -0.282. The van der Waals surface area contributed by atoms with Crippen LogP contribution in [0.1, 0.15) is 0 Å². The molecule has 7 heteroatoms. The van der Waals surface area contributed by atoms with Gasteiger partial charge in [0.2, 0.25) is 11.8 Å². The van der Waals surface area contributed by atoms with Gasteiger partial charge in [-0.15, -0.1) is 11.8 Å². The number of hydrogen-bond donors (Lipinski definition) is 1. The van der Waals surface area contributed by atoms with Gasteiger partial charge in [-0.25, -0.2) is 0 Å². The summed E-state index contributed by atoms with van der Waals surface area (Å²) < 4.78 is 0. The van der Waals surface area contributed by atoms with E-state index in [0.717, 1.165) is 0 Å². The molecule has 1 aromatic rings. The first-order valence-electron chi connectivity index (χ1n) is 5.17. The second kappa shape index (κ2) is 5.82. The molecular formula is C11H10Cl2N2O2S. The molecule has 18 heavy (non-hydrogen) atoms. The van der Waals surface area contributed by atoms with Crippen LogP contribution in [0.4, 0.5) is 5.69 Å². The fraction of sp³-hybridized carbons (Fsp3) is 0.273. The maximum absolute atomic E-state index is 11.8. The molecule has 1 aliphatic rings. The number of nitrogens with one attached hydrogen (secondary N) is 1. The van der Waals surface area contributed by atoms with E-state index in [1.54, 1.807) is 18.2 Å². The Kier molecular flexibility index (Phi) is 4.37. The van der Waals surface area contributed by atoms with Crippen molar-refractivity contribution in [2.24, 2.45) is 0 Å². The van der Waals surface area contributed by atoms with E-state index in [1.165, 1.54) is 16.7 Å². The number of nitrogens with zero attached hydrogens (tertiary/aromatic N) is 1. The highest BCUT2D eigenvalue weighted by Gasteiger charge is 2.23. The standard InChI is InChI=1S/C11H10Cl2N2O2S/c12-7-2-1-3-8(11(7)13)14-9(16)4-15-6-18-5-10(15)17/h1-3H,4-6H2,(H,14,16). The summed E-state index contributed by atoms with van der Waals surface area (Å²) in [4.78, 5) is 24.6. The number of amides is 2. The third kappa shape index (κ3) is 3.10. The monoisotopic (exact) mass is 304 g/mol. The van der Waals surface area contributed by atoms with E-state index < -0.39 is 0 Å². The van der Waals surface area contributed by atoms with Crippen LogP contribution in [0, 0.1) is 0 Å². The number of anilines is 1. The van der Waals surface area contributed by atoms with Crippen LogP contribution in [0.3, 0.4) is 0 Å². The van der Waals surface area contributed by atoms with Crippen LogP contribution in [-0.2, 0) is 9.59 Å². The molecule has 0 unspecified atom stereocenters. The van der Waals surface area contributed by atoms with E-state index in [4.69, 9.17) is 23.2 Å². The van der Waals surface area contributed by atoms with Crippen molar-refractivity contribution in [1.82, 2.24) is 4.90 Å². The van der Waals surface area contributed by atoms with Crippen LogP contribution < -0.4 is 5.32 Å². The lowest BCUT2D eigenvalue weighted by Crippen LogP contribution is -2.34. The number of carbonyl (C=O) groups is 2. The first-order chi connectivity index (χ1) is 8.58. The smallest absolute Gasteiger partial charge is 0.244 e. The molecular weight excluding hydrogens is 295 g/mol. The maximum Gasteiger partial charge on any atom is 0.244 e. The third-order valence-electron chi connectivity index (χ3n) is 2.39. The molecule has 0 radical (unpaired) electrons. The number of hydrogen-bond acceptors (Lipinski definition) is 3. The van der Waals surface area contributed by atoms with Gasteiger partial charge in [0.15, 0.2) is 0 Å². The van der Waals surface area contributed by atoms with Crippen LogP contribution in [0.15, 0.2) is 18.2 Å². The Labute approximate surface area is 119 Å². The van der Waals surface area contributed by atoms with Crippen molar-refractivity contribution < 1.29 is 9.59 Å². The molecule has 1 fully saturated rings. The van der Waals surface area contributed by atoms with Crippen molar-refractivity contribution in [2.75, 3.05) is 23.5 Å². The summed E-state index contributed by atoms with van der Waals surface area (Å²) in [6.45, 7) is 0.0364. The quantitative estimate of drug-likeness (QED) is 0.933. The summed E-state index contributed by atoms with van der Waals surface area (Å²) in [7, 11) is 0.